The lowest BCUT2D eigenvalue weighted by Gasteiger charge is -2.33. The number of nitrogens with one attached hydrogen (secondary N) is 3. The summed E-state index contributed by atoms with van der Waals surface area (Å²) in [4.78, 5) is 37.3. The van der Waals surface area contributed by atoms with Crippen molar-refractivity contribution in [1.29, 1.82) is 0 Å². The Morgan fingerprint density at radius 2 is 0.816 bits per heavy atom. The van der Waals surface area contributed by atoms with Crippen LogP contribution in [-0.2, 0) is 0 Å². The number of carbonyl (C=O) groups is 3. The van der Waals surface area contributed by atoms with Crippen molar-refractivity contribution in [2.24, 2.45) is 0 Å². The molecular weight excluding hydrogens is 608 g/mol. The van der Waals surface area contributed by atoms with E-state index in [1.54, 1.807) is 20.8 Å². The predicted octanol–water partition coefficient (Wildman–Crippen LogP) is 10.2. The maximum atomic E-state index is 11.7. The SMILES string of the molecule is CC(=O)c1ccc(NC2=CCC(N(c3ccc(Nc4ccc(C(C)=O)cc4)cc3)c3ccc(Nc4ccc(C(C)=O)cc4)cc3)C=C2)cc1. The van der Waals surface area contributed by atoms with Crippen LogP contribution in [0, 0.1) is 0 Å². The van der Waals surface area contributed by atoms with Crippen LogP contribution in [0.1, 0.15) is 58.3 Å². The lowest BCUT2D eigenvalue weighted by Crippen LogP contribution is -2.30. The van der Waals surface area contributed by atoms with Gasteiger partial charge in [0.1, 0.15) is 0 Å². The molecule has 5 aromatic rings. The first-order chi connectivity index (χ1) is 23.7. The van der Waals surface area contributed by atoms with Crippen molar-refractivity contribution >= 4 is 57.2 Å². The zero-order valence-electron chi connectivity index (χ0n) is 27.7. The van der Waals surface area contributed by atoms with Crippen molar-refractivity contribution in [1.82, 2.24) is 0 Å². The lowest BCUT2D eigenvalue weighted by atomic mass is 10.0. The first kappa shape index (κ1) is 32.7. The highest BCUT2D eigenvalue weighted by Gasteiger charge is 2.21. The quantitative estimate of drug-likeness (QED) is 0.116. The Morgan fingerprint density at radius 3 is 1.12 bits per heavy atom. The van der Waals surface area contributed by atoms with Gasteiger partial charge >= 0.3 is 0 Å². The van der Waals surface area contributed by atoms with Crippen LogP contribution in [0.15, 0.2) is 145 Å². The zero-order chi connectivity index (χ0) is 34.3. The number of benzene rings is 5. The summed E-state index contributed by atoms with van der Waals surface area (Å²) in [6, 6.07) is 39.2. The van der Waals surface area contributed by atoms with E-state index in [0.717, 1.165) is 51.9 Å². The number of ketones is 3. The van der Waals surface area contributed by atoms with Gasteiger partial charge < -0.3 is 20.9 Å². The van der Waals surface area contributed by atoms with Crippen molar-refractivity contribution in [3.8, 4) is 0 Å². The Balaban J connectivity index is 1.21. The van der Waals surface area contributed by atoms with Crippen LogP contribution in [0.2, 0.25) is 0 Å². The molecule has 0 spiro atoms. The molecule has 7 heteroatoms. The summed E-state index contributed by atoms with van der Waals surface area (Å²) < 4.78 is 0. The molecule has 3 N–H and O–H groups in total. The molecule has 244 valence electrons. The molecule has 49 heavy (non-hydrogen) atoms. The summed E-state index contributed by atoms with van der Waals surface area (Å²) in [5.41, 5.74) is 9.75. The van der Waals surface area contributed by atoms with E-state index < -0.39 is 0 Å². The van der Waals surface area contributed by atoms with E-state index in [1.165, 1.54) is 0 Å². The average molecular weight is 647 g/mol. The van der Waals surface area contributed by atoms with Crippen molar-refractivity contribution < 1.29 is 14.4 Å². The van der Waals surface area contributed by atoms with E-state index >= 15 is 0 Å². The van der Waals surface area contributed by atoms with Gasteiger partial charge in [-0.05, 0) is 155 Å². The summed E-state index contributed by atoms with van der Waals surface area (Å²) in [5, 5.41) is 10.3. The second-order valence-corrected chi connectivity index (χ2v) is 12.1. The highest BCUT2D eigenvalue weighted by molar-refractivity contribution is 5.95. The van der Waals surface area contributed by atoms with E-state index in [-0.39, 0.29) is 23.4 Å². The number of Topliss-reactive ketones (excluding diaryl/α,β-unsaturated/α-hetero) is 3. The third-order valence-corrected chi connectivity index (χ3v) is 8.44. The fourth-order valence-electron chi connectivity index (χ4n) is 5.70. The van der Waals surface area contributed by atoms with E-state index in [2.05, 4.69) is 87.6 Å². The maximum Gasteiger partial charge on any atom is 0.159 e. The maximum absolute atomic E-state index is 11.7. The molecule has 0 saturated heterocycles. The molecule has 0 bridgehead atoms. The normalized spacial score (nSPS) is 13.6. The van der Waals surface area contributed by atoms with Gasteiger partial charge in [-0.15, -0.1) is 0 Å². The topological polar surface area (TPSA) is 90.5 Å². The number of anilines is 7. The molecule has 0 radical (unpaired) electrons. The number of hydrogen-bond donors (Lipinski definition) is 3. The van der Waals surface area contributed by atoms with E-state index in [1.807, 2.05) is 72.8 Å². The summed E-state index contributed by atoms with van der Waals surface area (Å²) in [6.07, 6.45) is 7.27. The van der Waals surface area contributed by atoms with Gasteiger partial charge in [-0.3, -0.25) is 14.4 Å². The summed E-state index contributed by atoms with van der Waals surface area (Å²) in [6.45, 7) is 4.70. The molecule has 0 aromatic heterocycles. The second kappa shape index (κ2) is 14.7. The van der Waals surface area contributed by atoms with Crippen LogP contribution in [0.25, 0.3) is 0 Å². The van der Waals surface area contributed by atoms with Crippen LogP contribution in [0.4, 0.5) is 39.8 Å². The largest absolute Gasteiger partial charge is 0.356 e. The molecule has 5 aromatic carbocycles. The summed E-state index contributed by atoms with van der Waals surface area (Å²) in [5.74, 6) is 0.132. The molecule has 0 fully saturated rings. The monoisotopic (exact) mass is 646 g/mol. The van der Waals surface area contributed by atoms with Crippen LogP contribution < -0.4 is 20.9 Å². The number of hydrogen-bond acceptors (Lipinski definition) is 7. The standard InChI is InChI=1S/C42H38N4O3/c1-28(47)31-4-10-34(11-5-31)43-37-16-22-40(23-17-37)46(41-24-18-38(19-25-41)44-35-12-6-32(7-13-35)29(2)48)42-26-20-39(21-27-42)45-36-14-8-33(9-15-36)30(3)49/h4-26,42-45H,27H2,1-3H3. The van der Waals surface area contributed by atoms with Gasteiger partial charge in [0, 0.05) is 62.2 Å². The molecular formula is C42H38N4O3. The lowest BCUT2D eigenvalue weighted by molar-refractivity contribution is 0.100. The molecule has 7 nitrogen and oxygen atoms in total. The van der Waals surface area contributed by atoms with Gasteiger partial charge in [-0.2, -0.15) is 0 Å². The van der Waals surface area contributed by atoms with Crippen LogP contribution in [0.3, 0.4) is 0 Å². The van der Waals surface area contributed by atoms with Crippen LogP contribution in [-0.4, -0.2) is 23.4 Å². The van der Waals surface area contributed by atoms with E-state index in [0.29, 0.717) is 16.7 Å². The van der Waals surface area contributed by atoms with Gasteiger partial charge in [-0.1, -0.05) is 12.2 Å². The molecule has 0 amide bonds. The van der Waals surface area contributed by atoms with Crippen LogP contribution in [0.5, 0.6) is 0 Å². The van der Waals surface area contributed by atoms with Gasteiger partial charge in [0.05, 0.1) is 6.04 Å². The molecule has 0 heterocycles. The van der Waals surface area contributed by atoms with E-state index in [9.17, 15) is 14.4 Å². The smallest absolute Gasteiger partial charge is 0.159 e. The van der Waals surface area contributed by atoms with E-state index in [4.69, 9.17) is 0 Å². The third-order valence-electron chi connectivity index (χ3n) is 8.44. The molecule has 1 unspecified atom stereocenters. The van der Waals surface area contributed by atoms with Crippen molar-refractivity contribution in [3.05, 3.63) is 162 Å². The minimum atomic E-state index is 0.0426. The second-order valence-electron chi connectivity index (χ2n) is 12.1. The Morgan fingerprint density at radius 1 is 0.490 bits per heavy atom. The summed E-state index contributed by atoms with van der Waals surface area (Å²) in [7, 11) is 0. The number of allylic oxidation sites excluding steroid dienone is 1. The number of carbonyl (C=O) groups excluding carboxylic acids is 3. The zero-order valence-corrected chi connectivity index (χ0v) is 27.7. The van der Waals surface area contributed by atoms with Gasteiger partial charge in [0.15, 0.2) is 17.3 Å². The number of rotatable bonds is 12. The van der Waals surface area contributed by atoms with Gasteiger partial charge in [0.25, 0.3) is 0 Å². The van der Waals surface area contributed by atoms with Crippen molar-refractivity contribution in [2.75, 3.05) is 20.9 Å². The highest BCUT2D eigenvalue weighted by atomic mass is 16.1. The first-order valence-corrected chi connectivity index (χ1v) is 16.2. The minimum absolute atomic E-state index is 0.0426. The summed E-state index contributed by atoms with van der Waals surface area (Å²) >= 11 is 0. The minimum Gasteiger partial charge on any atom is -0.356 e. The molecule has 1 atom stereocenters. The Labute approximate surface area is 287 Å². The first-order valence-electron chi connectivity index (χ1n) is 16.2. The highest BCUT2D eigenvalue weighted by Crippen LogP contribution is 2.34. The number of nitrogens with zero attached hydrogens (tertiary/aromatic N) is 1. The third kappa shape index (κ3) is 8.21. The molecule has 0 saturated carbocycles. The fourth-order valence-corrected chi connectivity index (χ4v) is 5.70. The van der Waals surface area contributed by atoms with Gasteiger partial charge in [0.2, 0.25) is 0 Å². The predicted molar refractivity (Wildman–Crippen MR) is 200 cm³/mol. The van der Waals surface area contributed by atoms with Crippen molar-refractivity contribution in [3.63, 3.8) is 0 Å². The Hall–Kier alpha value is -6.21. The van der Waals surface area contributed by atoms with Crippen molar-refractivity contribution in [2.45, 2.75) is 33.2 Å². The molecule has 0 aliphatic heterocycles. The average Bonchev–Trinajstić information content (AvgIpc) is 3.11. The van der Waals surface area contributed by atoms with Gasteiger partial charge in [-0.25, -0.2) is 0 Å². The Kier molecular flexibility index (Phi) is 9.81. The molecule has 1 aliphatic carbocycles. The fraction of sp³-hybridized carbons (Fsp3) is 0.119. The Bertz CT molecular complexity index is 1910. The molecule has 1 aliphatic rings. The molecule has 6 rings (SSSR count). The van der Waals surface area contributed by atoms with Crippen LogP contribution >= 0.6 is 0 Å².